The number of nitrogens with zero attached hydrogens (tertiary/aromatic N) is 1. The number of hydroxylamine groups is 2. The molecule has 1 aromatic carbocycles. The van der Waals surface area contributed by atoms with Crippen molar-refractivity contribution in [3.63, 3.8) is 0 Å². The van der Waals surface area contributed by atoms with Crippen molar-refractivity contribution in [1.29, 1.82) is 0 Å². The van der Waals surface area contributed by atoms with Gasteiger partial charge in [0.05, 0.1) is 0 Å². The molecular weight excluding hydrogens is 186 g/mol. The van der Waals surface area contributed by atoms with E-state index in [0.717, 1.165) is 18.8 Å². The summed E-state index contributed by atoms with van der Waals surface area (Å²) in [5, 5.41) is 2.08. The minimum absolute atomic E-state index is 0.972. The Bertz CT molecular complexity index is 329. The third kappa shape index (κ3) is 2.72. The fourth-order valence-electron chi connectivity index (χ4n) is 1.88. The van der Waals surface area contributed by atoms with Gasteiger partial charge in [-0.05, 0) is 49.9 Å². The van der Waals surface area contributed by atoms with Crippen LogP contribution in [0.2, 0.25) is 0 Å². The van der Waals surface area contributed by atoms with E-state index in [4.69, 9.17) is 4.84 Å². The number of aryl methyl sites for hydroxylation is 2. The Labute approximate surface area is 91.8 Å². The van der Waals surface area contributed by atoms with E-state index < -0.39 is 0 Å². The summed E-state index contributed by atoms with van der Waals surface area (Å²) in [6, 6.07) is 6.29. The topological polar surface area (TPSA) is 12.5 Å². The zero-order chi connectivity index (χ0) is 10.7. The Kier molecular flexibility index (Phi) is 3.27. The normalized spacial score (nSPS) is 17.7. The van der Waals surface area contributed by atoms with Gasteiger partial charge >= 0.3 is 0 Å². The second-order valence-corrected chi connectivity index (χ2v) is 4.33. The zero-order valence-corrected chi connectivity index (χ0v) is 9.62. The molecule has 0 saturated carbocycles. The Morgan fingerprint density at radius 3 is 2.40 bits per heavy atom. The van der Waals surface area contributed by atoms with Crippen LogP contribution in [-0.4, -0.2) is 18.2 Å². The van der Waals surface area contributed by atoms with E-state index in [1.165, 1.54) is 30.4 Å². The molecular formula is C13H19NO. The van der Waals surface area contributed by atoms with E-state index in [0.29, 0.717) is 0 Å². The van der Waals surface area contributed by atoms with Crippen molar-refractivity contribution in [3.8, 4) is 5.75 Å². The minimum atomic E-state index is 0.972. The summed E-state index contributed by atoms with van der Waals surface area (Å²) in [5.41, 5.74) is 2.62. The monoisotopic (exact) mass is 205 g/mol. The number of rotatable bonds is 2. The first kappa shape index (κ1) is 10.5. The largest absolute Gasteiger partial charge is 0.406 e. The predicted octanol–water partition coefficient (Wildman–Crippen LogP) is 3.08. The highest BCUT2D eigenvalue weighted by atomic mass is 16.7. The highest BCUT2D eigenvalue weighted by Crippen LogP contribution is 2.19. The second kappa shape index (κ2) is 4.67. The Balaban J connectivity index is 2.00. The molecule has 0 atom stereocenters. The lowest BCUT2D eigenvalue weighted by Crippen LogP contribution is -2.32. The van der Waals surface area contributed by atoms with Crippen molar-refractivity contribution in [2.24, 2.45) is 0 Å². The molecule has 1 heterocycles. The molecule has 0 amide bonds. The molecule has 1 saturated heterocycles. The van der Waals surface area contributed by atoms with Crippen LogP contribution in [0.5, 0.6) is 5.75 Å². The first-order chi connectivity index (χ1) is 7.25. The van der Waals surface area contributed by atoms with Crippen molar-refractivity contribution in [3.05, 3.63) is 29.3 Å². The van der Waals surface area contributed by atoms with E-state index in [-0.39, 0.29) is 0 Å². The van der Waals surface area contributed by atoms with Gasteiger partial charge in [0.15, 0.2) is 0 Å². The van der Waals surface area contributed by atoms with Crippen LogP contribution >= 0.6 is 0 Å². The molecule has 0 spiro atoms. The van der Waals surface area contributed by atoms with Crippen LogP contribution in [0.1, 0.15) is 30.4 Å². The molecule has 1 aliphatic heterocycles. The maximum atomic E-state index is 5.82. The van der Waals surface area contributed by atoms with Crippen LogP contribution in [0, 0.1) is 13.8 Å². The molecule has 0 bridgehead atoms. The Hall–Kier alpha value is -1.02. The standard InChI is InChI=1S/C13H19NO/c1-11-6-7-13(10-12(11)2)15-14-8-4-3-5-9-14/h6-7,10H,3-5,8-9H2,1-2H3. The van der Waals surface area contributed by atoms with Gasteiger partial charge in [-0.15, -0.1) is 5.06 Å². The third-order valence-corrected chi connectivity index (χ3v) is 3.03. The van der Waals surface area contributed by atoms with E-state index >= 15 is 0 Å². The van der Waals surface area contributed by atoms with Crippen LogP contribution in [-0.2, 0) is 0 Å². The molecule has 1 aromatic rings. The van der Waals surface area contributed by atoms with Crippen LogP contribution in [0.4, 0.5) is 0 Å². The van der Waals surface area contributed by atoms with Crippen molar-refractivity contribution in [1.82, 2.24) is 5.06 Å². The molecule has 0 unspecified atom stereocenters. The highest BCUT2D eigenvalue weighted by molar-refractivity contribution is 5.33. The average molecular weight is 205 g/mol. The number of piperidine rings is 1. The molecule has 2 nitrogen and oxygen atoms in total. The molecule has 15 heavy (non-hydrogen) atoms. The molecule has 0 aliphatic carbocycles. The van der Waals surface area contributed by atoms with Gasteiger partial charge in [0.25, 0.3) is 0 Å². The second-order valence-electron chi connectivity index (χ2n) is 4.33. The lowest BCUT2D eigenvalue weighted by Gasteiger charge is -2.26. The third-order valence-electron chi connectivity index (χ3n) is 3.03. The van der Waals surface area contributed by atoms with Crippen molar-refractivity contribution in [2.75, 3.05) is 13.1 Å². The van der Waals surface area contributed by atoms with Crippen LogP contribution in [0.3, 0.4) is 0 Å². The molecule has 0 aromatic heterocycles. The van der Waals surface area contributed by atoms with Gasteiger partial charge in [0, 0.05) is 13.1 Å². The average Bonchev–Trinajstić information content (AvgIpc) is 2.25. The van der Waals surface area contributed by atoms with Gasteiger partial charge in [-0.2, -0.15) is 0 Å². The first-order valence-electron chi connectivity index (χ1n) is 5.76. The maximum absolute atomic E-state index is 5.82. The lowest BCUT2D eigenvalue weighted by atomic mass is 10.1. The number of hydrogen-bond acceptors (Lipinski definition) is 2. The zero-order valence-electron chi connectivity index (χ0n) is 9.62. The van der Waals surface area contributed by atoms with Crippen LogP contribution < -0.4 is 4.84 Å². The molecule has 2 rings (SSSR count). The summed E-state index contributed by atoms with van der Waals surface area (Å²) in [6.07, 6.45) is 3.85. The summed E-state index contributed by atoms with van der Waals surface area (Å²) in [4.78, 5) is 5.82. The van der Waals surface area contributed by atoms with E-state index in [2.05, 4.69) is 37.1 Å². The molecule has 82 valence electrons. The summed E-state index contributed by atoms with van der Waals surface area (Å²) in [5.74, 6) is 0.972. The SMILES string of the molecule is Cc1ccc(ON2CCCCC2)cc1C. The molecule has 0 N–H and O–H groups in total. The molecule has 2 heteroatoms. The predicted molar refractivity (Wildman–Crippen MR) is 62.0 cm³/mol. The van der Waals surface area contributed by atoms with Crippen molar-refractivity contribution < 1.29 is 4.84 Å². The van der Waals surface area contributed by atoms with E-state index in [1.54, 1.807) is 0 Å². The fourth-order valence-corrected chi connectivity index (χ4v) is 1.88. The number of benzene rings is 1. The summed E-state index contributed by atoms with van der Waals surface area (Å²) in [6.45, 7) is 6.37. The van der Waals surface area contributed by atoms with Gasteiger partial charge < -0.3 is 4.84 Å². The molecule has 0 radical (unpaired) electrons. The first-order valence-corrected chi connectivity index (χ1v) is 5.76. The van der Waals surface area contributed by atoms with Crippen LogP contribution in [0.25, 0.3) is 0 Å². The Morgan fingerprint density at radius 2 is 1.73 bits per heavy atom. The Morgan fingerprint density at radius 1 is 1.00 bits per heavy atom. The van der Waals surface area contributed by atoms with Gasteiger partial charge in [0.1, 0.15) is 5.75 Å². The summed E-state index contributed by atoms with van der Waals surface area (Å²) in [7, 11) is 0. The van der Waals surface area contributed by atoms with Gasteiger partial charge in [0.2, 0.25) is 0 Å². The summed E-state index contributed by atoms with van der Waals surface area (Å²) >= 11 is 0. The van der Waals surface area contributed by atoms with Gasteiger partial charge in [-0.1, -0.05) is 12.5 Å². The van der Waals surface area contributed by atoms with E-state index in [9.17, 15) is 0 Å². The van der Waals surface area contributed by atoms with Crippen molar-refractivity contribution >= 4 is 0 Å². The summed E-state index contributed by atoms with van der Waals surface area (Å²) < 4.78 is 0. The quantitative estimate of drug-likeness (QED) is 0.735. The highest BCUT2D eigenvalue weighted by Gasteiger charge is 2.11. The smallest absolute Gasteiger partial charge is 0.147 e. The van der Waals surface area contributed by atoms with E-state index in [1.807, 2.05) is 0 Å². The maximum Gasteiger partial charge on any atom is 0.147 e. The van der Waals surface area contributed by atoms with Crippen molar-refractivity contribution in [2.45, 2.75) is 33.1 Å². The lowest BCUT2D eigenvalue weighted by molar-refractivity contribution is -0.0720. The molecule has 1 fully saturated rings. The minimum Gasteiger partial charge on any atom is -0.406 e. The fraction of sp³-hybridized carbons (Fsp3) is 0.538. The molecule has 1 aliphatic rings. The van der Waals surface area contributed by atoms with Gasteiger partial charge in [-0.25, -0.2) is 0 Å². The van der Waals surface area contributed by atoms with Crippen LogP contribution in [0.15, 0.2) is 18.2 Å². The van der Waals surface area contributed by atoms with Gasteiger partial charge in [-0.3, -0.25) is 0 Å². The number of hydrogen-bond donors (Lipinski definition) is 0.